The van der Waals surface area contributed by atoms with Crippen LogP contribution in [0.15, 0.2) is 16.5 Å². The van der Waals surface area contributed by atoms with E-state index in [-0.39, 0.29) is 11.7 Å². The Morgan fingerprint density at radius 2 is 2.29 bits per heavy atom. The molecule has 0 saturated heterocycles. The van der Waals surface area contributed by atoms with Crippen molar-refractivity contribution in [2.24, 2.45) is 0 Å². The normalized spacial score (nSPS) is 10.2. The fourth-order valence-corrected chi connectivity index (χ4v) is 1.32. The zero-order valence-electron chi connectivity index (χ0n) is 9.80. The average Bonchev–Trinajstić information content (AvgIpc) is 2.77. The van der Waals surface area contributed by atoms with E-state index in [1.54, 1.807) is 7.05 Å². The minimum absolute atomic E-state index is 0.0105. The Bertz CT molecular complexity index is 402. The van der Waals surface area contributed by atoms with E-state index < -0.39 is 10.8 Å². The number of hydrogen-bond acceptors (Lipinski definition) is 5. The van der Waals surface area contributed by atoms with E-state index in [1.807, 2.05) is 7.05 Å². The van der Waals surface area contributed by atoms with Crippen molar-refractivity contribution >= 4 is 11.8 Å². The zero-order chi connectivity index (χ0) is 12.8. The SMILES string of the molecule is CNCCCN(C)C(=O)c1ccc([N+](=O)[O-])o1. The second kappa shape index (κ2) is 6.00. The molecular weight excluding hydrogens is 226 g/mol. The maximum absolute atomic E-state index is 11.8. The molecule has 7 heteroatoms. The van der Waals surface area contributed by atoms with Crippen molar-refractivity contribution < 1.29 is 14.1 Å². The Kier molecular flexibility index (Phi) is 4.65. The molecule has 1 rings (SSSR count). The number of amides is 1. The molecule has 17 heavy (non-hydrogen) atoms. The molecular formula is C10H15N3O4. The third kappa shape index (κ3) is 3.56. The summed E-state index contributed by atoms with van der Waals surface area (Å²) in [5.74, 6) is -0.783. The fraction of sp³-hybridized carbons (Fsp3) is 0.500. The molecule has 0 bridgehead atoms. The Hall–Kier alpha value is -1.89. The third-order valence-electron chi connectivity index (χ3n) is 2.25. The van der Waals surface area contributed by atoms with Crippen molar-refractivity contribution in [1.29, 1.82) is 0 Å². The monoisotopic (exact) mass is 241 g/mol. The van der Waals surface area contributed by atoms with Crippen molar-refractivity contribution in [1.82, 2.24) is 10.2 Å². The summed E-state index contributed by atoms with van der Waals surface area (Å²) in [5.41, 5.74) is 0. The van der Waals surface area contributed by atoms with Gasteiger partial charge in [0.15, 0.2) is 5.76 Å². The smallest absolute Gasteiger partial charge is 0.395 e. The van der Waals surface area contributed by atoms with Crippen LogP contribution in [0, 0.1) is 10.1 Å². The van der Waals surface area contributed by atoms with Crippen LogP contribution < -0.4 is 5.32 Å². The first kappa shape index (κ1) is 13.2. The highest BCUT2D eigenvalue weighted by Crippen LogP contribution is 2.16. The number of nitro groups is 1. The molecule has 0 fully saturated rings. The number of furan rings is 1. The van der Waals surface area contributed by atoms with Crippen LogP contribution in [0.2, 0.25) is 0 Å². The van der Waals surface area contributed by atoms with Gasteiger partial charge >= 0.3 is 5.88 Å². The van der Waals surface area contributed by atoms with Crippen LogP contribution in [0.4, 0.5) is 5.88 Å². The largest absolute Gasteiger partial charge is 0.433 e. The topological polar surface area (TPSA) is 88.6 Å². The van der Waals surface area contributed by atoms with Gasteiger partial charge in [-0.3, -0.25) is 14.9 Å². The van der Waals surface area contributed by atoms with Gasteiger partial charge in [-0.15, -0.1) is 0 Å². The van der Waals surface area contributed by atoms with Crippen LogP contribution in [0.3, 0.4) is 0 Å². The summed E-state index contributed by atoms with van der Waals surface area (Å²) < 4.78 is 4.83. The predicted molar refractivity (Wildman–Crippen MR) is 60.9 cm³/mol. The number of hydrogen-bond donors (Lipinski definition) is 1. The van der Waals surface area contributed by atoms with Gasteiger partial charge in [-0.2, -0.15) is 0 Å². The summed E-state index contributed by atoms with van der Waals surface area (Å²) in [6, 6.07) is 2.49. The van der Waals surface area contributed by atoms with Crippen LogP contribution in [-0.4, -0.2) is 42.9 Å². The van der Waals surface area contributed by atoms with Gasteiger partial charge in [0.1, 0.15) is 4.92 Å². The van der Waals surface area contributed by atoms with Gasteiger partial charge in [-0.05, 0) is 26.1 Å². The molecule has 0 aliphatic heterocycles. The molecule has 0 atom stereocenters. The maximum Gasteiger partial charge on any atom is 0.433 e. The summed E-state index contributed by atoms with van der Waals surface area (Å²) in [6.07, 6.45) is 0.807. The van der Waals surface area contributed by atoms with Crippen LogP contribution in [0.1, 0.15) is 17.0 Å². The standard InChI is InChI=1S/C10H15N3O4/c1-11-6-3-7-12(2)10(14)8-4-5-9(17-8)13(15)16/h4-5,11H,3,6-7H2,1-2H3. The number of carbonyl (C=O) groups excluding carboxylic acids is 1. The Labute approximate surface area is 98.5 Å². The summed E-state index contributed by atoms with van der Waals surface area (Å²) in [7, 11) is 3.46. The first-order valence-electron chi connectivity index (χ1n) is 5.20. The lowest BCUT2D eigenvalue weighted by Gasteiger charge is -2.14. The van der Waals surface area contributed by atoms with Gasteiger partial charge in [0.2, 0.25) is 0 Å². The fourth-order valence-electron chi connectivity index (χ4n) is 1.32. The number of carbonyl (C=O) groups is 1. The van der Waals surface area contributed by atoms with E-state index in [9.17, 15) is 14.9 Å². The third-order valence-corrected chi connectivity index (χ3v) is 2.25. The minimum Gasteiger partial charge on any atom is -0.395 e. The molecule has 0 aliphatic rings. The van der Waals surface area contributed by atoms with Gasteiger partial charge in [0.05, 0.1) is 6.07 Å². The first-order valence-corrected chi connectivity index (χ1v) is 5.20. The van der Waals surface area contributed by atoms with Crippen molar-refractivity contribution in [2.75, 3.05) is 27.2 Å². The Morgan fingerprint density at radius 1 is 1.59 bits per heavy atom. The van der Waals surface area contributed by atoms with E-state index in [4.69, 9.17) is 4.42 Å². The Balaban J connectivity index is 2.58. The van der Waals surface area contributed by atoms with Crippen molar-refractivity contribution in [3.63, 3.8) is 0 Å². The van der Waals surface area contributed by atoms with Crippen molar-refractivity contribution in [3.05, 3.63) is 28.0 Å². The molecule has 0 unspecified atom stereocenters. The molecule has 1 amide bonds. The second-order valence-electron chi connectivity index (χ2n) is 3.58. The van der Waals surface area contributed by atoms with Crippen LogP contribution in [-0.2, 0) is 0 Å². The molecule has 0 spiro atoms. The Morgan fingerprint density at radius 3 is 2.82 bits per heavy atom. The summed E-state index contributed by atoms with van der Waals surface area (Å²) >= 11 is 0. The summed E-state index contributed by atoms with van der Waals surface area (Å²) in [6.45, 7) is 1.37. The molecule has 1 N–H and O–H groups in total. The van der Waals surface area contributed by atoms with Crippen LogP contribution in [0.5, 0.6) is 0 Å². The summed E-state index contributed by atoms with van der Waals surface area (Å²) in [4.78, 5) is 23.0. The maximum atomic E-state index is 11.8. The van der Waals surface area contributed by atoms with E-state index in [1.165, 1.54) is 17.0 Å². The van der Waals surface area contributed by atoms with Crippen LogP contribution in [0.25, 0.3) is 0 Å². The van der Waals surface area contributed by atoms with E-state index in [0.29, 0.717) is 6.54 Å². The van der Waals surface area contributed by atoms with Gasteiger partial charge in [0.25, 0.3) is 5.91 Å². The van der Waals surface area contributed by atoms with Crippen molar-refractivity contribution in [3.8, 4) is 0 Å². The molecule has 1 aromatic heterocycles. The quantitative estimate of drug-likeness (QED) is 0.453. The molecule has 0 saturated carbocycles. The highest BCUT2D eigenvalue weighted by atomic mass is 16.6. The lowest BCUT2D eigenvalue weighted by atomic mass is 10.3. The van der Waals surface area contributed by atoms with Gasteiger partial charge in [-0.1, -0.05) is 0 Å². The van der Waals surface area contributed by atoms with E-state index in [0.717, 1.165) is 13.0 Å². The summed E-state index contributed by atoms with van der Waals surface area (Å²) in [5, 5.41) is 13.4. The average molecular weight is 241 g/mol. The minimum atomic E-state index is -0.669. The first-order chi connectivity index (χ1) is 8.06. The molecule has 1 aromatic rings. The molecule has 0 aromatic carbocycles. The molecule has 94 valence electrons. The highest BCUT2D eigenvalue weighted by molar-refractivity contribution is 5.91. The molecule has 0 aliphatic carbocycles. The molecule has 7 nitrogen and oxygen atoms in total. The second-order valence-corrected chi connectivity index (χ2v) is 3.58. The molecule has 0 radical (unpaired) electrons. The zero-order valence-corrected chi connectivity index (χ0v) is 9.80. The van der Waals surface area contributed by atoms with Gasteiger partial charge in [0, 0.05) is 13.6 Å². The predicted octanol–water partition coefficient (Wildman–Crippen LogP) is 0.869. The van der Waals surface area contributed by atoms with Gasteiger partial charge < -0.3 is 14.6 Å². The highest BCUT2D eigenvalue weighted by Gasteiger charge is 2.19. The lowest BCUT2D eigenvalue weighted by molar-refractivity contribution is -0.402. The van der Waals surface area contributed by atoms with Crippen molar-refractivity contribution in [2.45, 2.75) is 6.42 Å². The molecule has 1 heterocycles. The van der Waals surface area contributed by atoms with Gasteiger partial charge in [-0.25, -0.2) is 0 Å². The number of nitrogens with zero attached hydrogens (tertiary/aromatic N) is 2. The van der Waals surface area contributed by atoms with Crippen LogP contribution >= 0.6 is 0 Å². The van der Waals surface area contributed by atoms with E-state index in [2.05, 4.69) is 5.32 Å². The lowest BCUT2D eigenvalue weighted by Crippen LogP contribution is -2.29. The number of rotatable bonds is 6. The van der Waals surface area contributed by atoms with E-state index >= 15 is 0 Å². The number of nitrogens with one attached hydrogen (secondary N) is 1.